The fourth-order valence-electron chi connectivity index (χ4n) is 3.54. The number of nitrogen functional groups attached to an aromatic ring is 1. The van der Waals surface area contributed by atoms with E-state index in [0.717, 1.165) is 18.3 Å². The molecule has 3 nitrogen and oxygen atoms in total. The summed E-state index contributed by atoms with van der Waals surface area (Å²) in [4.78, 5) is 5.01. The first-order valence-electron chi connectivity index (χ1n) is 8.56. The van der Waals surface area contributed by atoms with Gasteiger partial charge in [-0.3, -0.25) is 0 Å². The molecule has 0 atom stereocenters. The zero-order valence-corrected chi connectivity index (χ0v) is 13.1. The molecular formula is C17H29N3. The molecule has 0 spiro atoms. The molecule has 1 aromatic heterocycles. The van der Waals surface area contributed by atoms with Crippen LogP contribution in [0.15, 0.2) is 0 Å². The molecule has 0 aromatic carbocycles. The van der Waals surface area contributed by atoms with Crippen molar-refractivity contribution >= 4 is 5.82 Å². The lowest BCUT2D eigenvalue weighted by atomic mass is 9.81. The van der Waals surface area contributed by atoms with E-state index in [9.17, 15) is 0 Å². The molecule has 112 valence electrons. The Bertz CT molecular complexity index is 451. The molecule has 0 saturated heterocycles. The lowest BCUT2D eigenvalue weighted by Crippen LogP contribution is -2.13. The molecule has 3 heteroatoms. The number of nitrogens with zero attached hydrogens (tertiary/aromatic N) is 2. The van der Waals surface area contributed by atoms with E-state index < -0.39 is 0 Å². The molecule has 1 heterocycles. The Morgan fingerprint density at radius 2 is 1.75 bits per heavy atom. The Hall–Kier alpha value is -0.990. The molecule has 3 rings (SSSR count). The van der Waals surface area contributed by atoms with Gasteiger partial charge in [-0.15, -0.1) is 0 Å². The van der Waals surface area contributed by atoms with Crippen molar-refractivity contribution in [3.05, 3.63) is 11.5 Å². The summed E-state index contributed by atoms with van der Waals surface area (Å²) in [5.74, 6) is 4.49. The summed E-state index contributed by atoms with van der Waals surface area (Å²) in [5, 5.41) is 0. The highest BCUT2D eigenvalue weighted by Gasteiger charge is 2.33. The van der Waals surface area contributed by atoms with Crippen LogP contribution in [-0.2, 0) is 6.54 Å². The Labute approximate surface area is 123 Å². The van der Waals surface area contributed by atoms with Crippen LogP contribution in [0.4, 0.5) is 5.82 Å². The first kappa shape index (κ1) is 14.0. The standard InChI is InChI=1S/C17H29N3/c1-3-4-11-20-16(18)15(19-17(20)14-9-10-14)13-7-5-12(2)6-8-13/h12-14H,3-11,18H2,1-2H3. The van der Waals surface area contributed by atoms with E-state index in [1.165, 1.54) is 62.9 Å². The van der Waals surface area contributed by atoms with Crippen LogP contribution in [0.1, 0.15) is 88.6 Å². The van der Waals surface area contributed by atoms with Crippen molar-refractivity contribution < 1.29 is 0 Å². The van der Waals surface area contributed by atoms with Crippen LogP contribution in [0.5, 0.6) is 0 Å². The highest BCUT2D eigenvalue weighted by atomic mass is 15.2. The van der Waals surface area contributed by atoms with Crippen LogP contribution in [0.3, 0.4) is 0 Å². The van der Waals surface area contributed by atoms with Crippen LogP contribution < -0.4 is 5.73 Å². The third kappa shape index (κ3) is 2.72. The molecule has 2 N–H and O–H groups in total. The van der Waals surface area contributed by atoms with Gasteiger partial charge in [-0.05, 0) is 38.0 Å². The van der Waals surface area contributed by atoms with Crippen molar-refractivity contribution in [2.24, 2.45) is 5.92 Å². The molecule has 2 aliphatic rings. The summed E-state index contributed by atoms with van der Waals surface area (Å²) >= 11 is 0. The van der Waals surface area contributed by atoms with Crippen molar-refractivity contribution in [1.29, 1.82) is 0 Å². The van der Waals surface area contributed by atoms with Gasteiger partial charge in [-0.1, -0.05) is 33.1 Å². The summed E-state index contributed by atoms with van der Waals surface area (Å²) in [7, 11) is 0. The molecular weight excluding hydrogens is 246 g/mol. The lowest BCUT2D eigenvalue weighted by Gasteiger charge is -2.25. The van der Waals surface area contributed by atoms with E-state index in [1.54, 1.807) is 0 Å². The van der Waals surface area contributed by atoms with E-state index in [0.29, 0.717) is 11.8 Å². The molecule has 0 amide bonds. The molecule has 20 heavy (non-hydrogen) atoms. The van der Waals surface area contributed by atoms with Gasteiger partial charge in [0.15, 0.2) is 0 Å². The third-order valence-corrected chi connectivity index (χ3v) is 5.15. The first-order valence-corrected chi connectivity index (χ1v) is 8.56. The molecule has 0 unspecified atom stereocenters. The Kier molecular flexibility index (Phi) is 4.04. The minimum atomic E-state index is 0.617. The van der Waals surface area contributed by atoms with Gasteiger partial charge in [-0.25, -0.2) is 4.98 Å². The second-order valence-electron chi connectivity index (χ2n) is 6.98. The summed E-state index contributed by atoms with van der Waals surface area (Å²) in [6, 6.07) is 0. The maximum Gasteiger partial charge on any atom is 0.127 e. The number of hydrogen-bond acceptors (Lipinski definition) is 2. The minimum absolute atomic E-state index is 0.617. The van der Waals surface area contributed by atoms with Crippen molar-refractivity contribution in [3.63, 3.8) is 0 Å². The van der Waals surface area contributed by atoms with Crippen molar-refractivity contribution in [3.8, 4) is 0 Å². The van der Waals surface area contributed by atoms with E-state index in [-0.39, 0.29) is 0 Å². The number of aromatic nitrogens is 2. The summed E-state index contributed by atoms with van der Waals surface area (Å²) < 4.78 is 2.34. The maximum atomic E-state index is 6.48. The number of hydrogen-bond donors (Lipinski definition) is 1. The van der Waals surface area contributed by atoms with Gasteiger partial charge in [0.25, 0.3) is 0 Å². The van der Waals surface area contributed by atoms with Crippen molar-refractivity contribution in [1.82, 2.24) is 9.55 Å². The topological polar surface area (TPSA) is 43.8 Å². The molecule has 2 fully saturated rings. The average molecular weight is 275 g/mol. The van der Waals surface area contributed by atoms with E-state index in [2.05, 4.69) is 18.4 Å². The summed E-state index contributed by atoms with van der Waals surface area (Å²) in [5.41, 5.74) is 7.71. The number of nitrogens with two attached hydrogens (primary N) is 1. The van der Waals surface area contributed by atoms with Crippen LogP contribution in [-0.4, -0.2) is 9.55 Å². The van der Waals surface area contributed by atoms with E-state index in [4.69, 9.17) is 10.7 Å². The van der Waals surface area contributed by atoms with E-state index >= 15 is 0 Å². The van der Waals surface area contributed by atoms with Gasteiger partial charge >= 0.3 is 0 Å². The van der Waals surface area contributed by atoms with Crippen LogP contribution in [0.2, 0.25) is 0 Å². The van der Waals surface area contributed by atoms with Crippen LogP contribution in [0, 0.1) is 5.92 Å². The number of unbranched alkanes of at least 4 members (excludes halogenated alkanes) is 1. The summed E-state index contributed by atoms with van der Waals surface area (Å²) in [6.45, 7) is 5.67. The van der Waals surface area contributed by atoms with E-state index in [1.807, 2.05) is 0 Å². The monoisotopic (exact) mass is 275 g/mol. The minimum Gasteiger partial charge on any atom is -0.384 e. The Morgan fingerprint density at radius 1 is 1.10 bits per heavy atom. The second-order valence-corrected chi connectivity index (χ2v) is 6.98. The quantitative estimate of drug-likeness (QED) is 0.863. The SMILES string of the molecule is CCCCn1c(C2CC2)nc(C2CCC(C)CC2)c1N. The predicted octanol–water partition coefficient (Wildman–Crippen LogP) is 4.44. The second kappa shape index (κ2) is 5.79. The largest absolute Gasteiger partial charge is 0.384 e. The van der Waals surface area contributed by atoms with Gasteiger partial charge < -0.3 is 10.3 Å². The fourth-order valence-corrected chi connectivity index (χ4v) is 3.54. The van der Waals surface area contributed by atoms with Crippen molar-refractivity contribution in [2.45, 2.75) is 83.6 Å². The normalized spacial score (nSPS) is 26.9. The molecule has 0 bridgehead atoms. The molecule has 0 radical (unpaired) electrons. The lowest BCUT2D eigenvalue weighted by molar-refractivity contribution is 0.345. The van der Waals surface area contributed by atoms with Gasteiger partial charge in [-0.2, -0.15) is 0 Å². The number of anilines is 1. The maximum absolute atomic E-state index is 6.48. The molecule has 0 aliphatic heterocycles. The average Bonchev–Trinajstić information content (AvgIpc) is 3.23. The molecule has 2 saturated carbocycles. The van der Waals surface area contributed by atoms with Crippen LogP contribution in [0.25, 0.3) is 0 Å². The molecule has 2 aliphatic carbocycles. The highest BCUT2D eigenvalue weighted by Crippen LogP contribution is 2.44. The first-order chi connectivity index (χ1) is 9.70. The molecule has 1 aromatic rings. The van der Waals surface area contributed by atoms with Crippen LogP contribution >= 0.6 is 0 Å². The number of imidazole rings is 1. The smallest absolute Gasteiger partial charge is 0.127 e. The fraction of sp³-hybridized carbons (Fsp3) is 0.824. The third-order valence-electron chi connectivity index (χ3n) is 5.15. The Balaban J connectivity index is 1.83. The van der Waals surface area contributed by atoms with Gasteiger partial charge in [0.2, 0.25) is 0 Å². The zero-order valence-electron chi connectivity index (χ0n) is 13.1. The predicted molar refractivity (Wildman–Crippen MR) is 83.9 cm³/mol. The van der Waals surface area contributed by atoms with Gasteiger partial charge in [0.1, 0.15) is 11.6 Å². The van der Waals surface area contributed by atoms with Gasteiger partial charge in [0.05, 0.1) is 5.69 Å². The zero-order chi connectivity index (χ0) is 14.1. The van der Waals surface area contributed by atoms with Gasteiger partial charge in [0, 0.05) is 18.4 Å². The van der Waals surface area contributed by atoms with Crippen molar-refractivity contribution in [2.75, 3.05) is 5.73 Å². The highest BCUT2D eigenvalue weighted by molar-refractivity contribution is 5.42. The Morgan fingerprint density at radius 3 is 2.35 bits per heavy atom. The number of rotatable bonds is 5. The summed E-state index contributed by atoms with van der Waals surface area (Å²) in [6.07, 6.45) is 10.3.